The van der Waals surface area contributed by atoms with Crippen LogP contribution in [-0.4, -0.2) is 33.9 Å². The fraction of sp³-hybridized carbons (Fsp3) is 0.125. The maximum atomic E-state index is 13.7. The van der Waals surface area contributed by atoms with Crippen molar-refractivity contribution in [2.75, 3.05) is 12.0 Å². The number of imidazole rings is 1. The quantitative estimate of drug-likeness (QED) is 0.275. The number of rotatable bonds is 4. The lowest BCUT2D eigenvalue weighted by molar-refractivity contribution is -0.132. The topological polar surface area (TPSA) is 109 Å². The number of nitrogens with one attached hydrogen (secondary N) is 1. The van der Waals surface area contributed by atoms with Gasteiger partial charge in [0.05, 0.1) is 30.0 Å². The van der Waals surface area contributed by atoms with Gasteiger partial charge in [0.2, 0.25) is 5.95 Å². The third-order valence-electron chi connectivity index (χ3n) is 5.59. The first-order chi connectivity index (χ1) is 15.9. The Morgan fingerprint density at radius 2 is 2.03 bits per heavy atom. The highest BCUT2D eigenvalue weighted by Gasteiger charge is 2.49. The Kier molecular flexibility index (Phi) is 4.74. The monoisotopic (exact) mass is 447 g/mol. The predicted octanol–water partition coefficient (Wildman–Crippen LogP) is 4.24. The number of benzene rings is 2. The lowest BCUT2D eigenvalue weighted by Crippen LogP contribution is -2.30. The molecular formula is C24H18FN3O5. The highest BCUT2D eigenvalue weighted by molar-refractivity contribution is 6.51. The van der Waals surface area contributed by atoms with Gasteiger partial charge < -0.3 is 19.2 Å². The second-order valence-corrected chi connectivity index (χ2v) is 7.59. The average molecular weight is 447 g/mol. The molecule has 2 N–H and O–H groups in total. The SMILES string of the molecule is COc1ccc(/C(O)=C2\C(=O)C(=O)N(c3nc4ccc(F)cc4[nH]3)C2c2ccco2)cc1C. The summed E-state index contributed by atoms with van der Waals surface area (Å²) in [5, 5.41) is 11.1. The minimum Gasteiger partial charge on any atom is -0.507 e. The van der Waals surface area contributed by atoms with Crippen molar-refractivity contribution in [2.45, 2.75) is 13.0 Å². The molecule has 1 fully saturated rings. The number of aromatic nitrogens is 2. The summed E-state index contributed by atoms with van der Waals surface area (Å²) in [4.78, 5) is 34.6. The molecule has 9 heteroatoms. The zero-order chi connectivity index (χ0) is 23.3. The minimum absolute atomic E-state index is 0.0315. The third-order valence-corrected chi connectivity index (χ3v) is 5.59. The van der Waals surface area contributed by atoms with Crippen LogP contribution in [0.4, 0.5) is 10.3 Å². The average Bonchev–Trinajstić information content (AvgIpc) is 3.52. The molecule has 2 aromatic carbocycles. The number of ketones is 1. The normalized spacial score (nSPS) is 17.8. The van der Waals surface area contributed by atoms with Gasteiger partial charge in [-0.3, -0.25) is 14.5 Å². The van der Waals surface area contributed by atoms with E-state index >= 15 is 0 Å². The van der Waals surface area contributed by atoms with Crippen molar-refractivity contribution in [3.8, 4) is 5.75 Å². The molecule has 1 atom stereocenters. The van der Waals surface area contributed by atoms with Gasteiger partial charge in [-0.2, -0.15) is 0 Å². The molecule has 0 spiro atoms. The first kappa shape index (κ1) is 20.5. The van der Waals surface area contributed by atoms with E-state index in [0.29, 0.717) is 22.3 Å². The molecule has 166 valence electrons. The van der Waals surface area contributed by atoms with Crippen molar-refractivity contribution in [3.05, 3.63) is 83.1 Å². The molecule has 4 aromatic rings. The van der Waals surface area contributed by atoms with Crippen LogP contribution in [0.5, 0.6) is 5.75 Å². The maximum absolute atomic E-state index is 13.7. The lowest BCUT2D eigenvalue weighted by atomic mass is 9.98. The number of carbonyl (C=O) groups excluding carboxylic acids is 2. The number of furan rings is 1. The van der Waals surface area contributed by atoms with E-state index < -0.39 is 23.5 Å². The van der Waals surface area contributed by atoms with Gasteiger partial charge in [0.25, 0.3) is 5.78 Å². The van der Waals surface area contributed by atoms with Gasteiger partial charge in [-0.05, 0) is 61.0 Å². The number of amides is 1. The van der Waals surface area contributed by atoms with E-state index in [4.69, 9.17) is 9.15 Å². The number of halogens is 1. The van der Waals surface area contributed by atoms with Crippen LogP contribution in [0, 0.1) is 12.7 Å². The van der Waals surface area contributed by atoms with Gasteiger partial charge in [-0.15, -0.1) is 0 Å². The molecule has 3 heterocycles. The van der Waals surface area contributed by atoms with Crippen molar-refractivity contribution < 1.29 is 28.2 Å². The number of nitrogens with zero attached hydrogens (tertiary/aromatic N) is 2. The largest absolute Gasteiger partial charge is 0.507 e. The minimum atomic E-state index is -1.08. The summed E-state index contributed by atoms with van der Waals surface area (Å²) in [7, 11) is 1.53. The van der Waals surface area contributed by atoms with E-state index in [1.54, 1.807) is 37.3 Å². The standard InChI is InChI=1S/C24H18FN3O5/c1-12-10-13(5-8-17(12)32-2)21(29)19-20(18-4-3-9-33-18)28(23(31)22(19)30)24-26-15-7-6-14(25)11-16(15)27-24/h3-11,20,29H,1-2H3,(H,26,27)/b21-19+. The summed E-state index contributed by atoms with van der Waals surface area (Å²) >= 11 is 0. The number of methoxy groups -OCH3 is 1. The van der Waals surface area contributed by atoms with E-state index in [-0.39, 0.29) is 23.0 Å². The molecule has 1 saturated heterocycles. The van der Waals surface area contributed by atoms with Crippen LogP contribution < -0.4 is 9.64 Å². The van der Waals surface area contributed by atoms with Crippen LogP contribution in [0.3, 0.4) is 0 Å². The van der Waals surface area contributed by atoms with Crippen LogP contribution in [0.1, 0.15) is 22.9 Å². The molecule has 1 aliphatic rings. The summed E-state index contributed by atoms with van der Waals surface area (Å²) in [6.45, 7) is 1.80. The van der Waals surface area contributed by atoms with Crippen molar-refractivity contribution in [1.29, 1.82) is 0 Å². The fourth-order valence-corrected chi connectivity index (χ4v) is 4.03. The van der Waals surface area contributed by atoms with Gasteiger partial charge in [0.15, 0.2) is 0 Å². The number of ether oxygens (including phenoxy) is 1. The van der Waals surface area contributed by atoms with Crippen LogP contribution in [-0.2, 0) is 9.59 Å². The molecule has 1 aliphatic heterocycles. The summed E-state index contributed by atoms with van der Waals surface area (Å²) < 4.78 is 24.4. The Morgan fingerprint density at radius 1 is 1.21 bits per heavy atom. The first-order valence-corrected chi connectivity index (χ1v) is 10.0. The van der Waals surface area contributed by atoms with Crippen molar-refractivity contribution in [3.63, 3.8) is 0 Å². The number of aryl methyl sites for hydroxylation is 1. The molecule has 0 bridgehead atoms. The Hall–Kier alpha value is -4.40. The van der Waals surface area contributed by atoms with E-state index in [0.717, 1.165) is 10.5 Å². The number of hydrogen-bond donors (Lipinski definition) is 2. The zero-order valence-corrected chi connectivity index (χ0v) is 17.6. The molecule has 0 radical (unpaired) electrons. The number of fused-ring (bicyclic) bond motifs is 1. The second-order valence-electron chi connectivity index (χ2n) is 7.59. The summed E-state index contributed by atoms with van der Waals surface area (Å²) in [6, 6.07) is 11.0. The van der Waals surface area contributed by atoms with E-state index in [2.05, 4.69) is 9.97 Å². The molecule has 1 amide bonds. The first-order valence-electron chi connectivity index (χ1n) is 10.0. The van der Waals surface area contributed by atoms with E-state index in [9.17, 15) is 19.1 Å². The van der Waals surface area contributed by atoms with Crippen LogP contribution in [0.2, 0.25) is 0 Å². The van der Waals surface area contributed by atoms with Gasteiger partial charge in [-0.1, -0.05) is 0 Å². The van der Waals surface area contributed by atoms with Crippen molar-refractivity contribution >= 4 is 34.4 Å². The lowest BCUT2D eigenvalue weighted by Gasteiger charge is -2.20. The number of Topliss-reactive ketones (excluding diaryl/α,β-unsaturated/α-hetero) is 1. The molecule has 1 unspecified atom stereocenters. The molecule has 2 aromatic heterocycles. The Balaban J connectivity index is 1.70. The Labute approximate surface area is 186 Å². The summed E-state index contributed by atoms with van der Waals surface area (Å²) in [5.41, 5.74) is 1.71. The Bertz CT molecular complexity index is 1440. The molecule has 0 aliphatic carbocycles. The van der Waals surface area contributed by atoms with Gasteiger partial charge in [-0.25, -0.2) is 9.37 Å². The number of carbonyl (C=O) groups is 2. The third kappa shape index (κ3) is 3.25. The predicted molar refractivity (Wildman–Crippen MR) is 117 cm³/mol. The number of H-pyrrole nitrogens is 1. The smallest absolute Gasteiger partial charge is 0.302 e. The van der Waals surface area contributed by atoms with E-state index in [1.165, 1.54) is 31.6 Å². The number of anilines is 1. The number of aromatic amines is 1. The van der Waals surface area contributed by atoms with Crippen LogP contribution in [0.15, 0.2) is 64.8 Å². The summed E-state index contributed by atoms with van der Waals surface area (Å²) in [5.74, 6) is -1.72. The molecule has 8 nitrogen and oxygen atoms in total. The Morgan fingerprint density at radius 3 is 2.73 bits per heavy atom. The highest BCUT2D eigenvalue weighted by atomic mass is 19.1. The maximum Gasteiger partial charge on any atom is 0.302 e. The molecule has 0 saturated carbocycles. The molecule has 5 rings (SSSR count). The number of aliphatic hydroxyl groups excluding tert-OH is 1. The number of aliphatic hydroxyl groups is 1. The summed E-state index contributed by atoms with van der Waals surface area (Å²) in [6.07, 6.45) is 1.40. The van der Waals surface area contributed by atoms with Crippen LogP contribution >= 0.6 is 0 Å². The van der Waals surface area contributed by atoms with Crippen molar-refractivity contribution in [1.82, 2.24) is 9.97 Å². The number of hydrogen-bond acceptors (Lipinski definition) is 6. The van der Waals surface area contributed by atoms with Crippen molar-refractivity contribution in [2.24, 2.45) is 0 Å². The van der Waals surface area contributed by atoms with Gasteiger partial charge >= 0.3 is 5.91 Å². The zero-order valence-electron chi connectivity index (χ0n) is 17.6. The fourth-order valence-electron chi connectivity index (χ4n) is 4.03. The molecular weight excluding hydrogens is 429 g/mol. The van der Waals surface area contributed by atoms with Crippen LogP contribution in [0.25, 0.3) is 16.8 Å². The van der Waals surface area contributed by atoms with Gasteiger partial charge in [0.1, 0.15) is 29.1 Å². The highest BCUT2D eigenvalue weighted by Crippen LogP contribution is 2.42. The molecule has 33 heavy (non-hydrogen) atoms. The van der Waals surface area contributed by atoms with E-state index in [1.807, 2.05) is 0 Å². The second kappa shape index (κ2) is 7.63. The van der Waals surface area contributed by atoms with Gasteiger partial charge in [0, 0.05) is 5.56 Å².